The molecule has 32 heavy (non-hydrogen) atoms. The van der Waals surface area contributed by atoms with Crippen LogP contribution in [-0.2, 0) is 14.3 Å². The van der Waals surface area contributed by atoms with E-state index in [1.807, 2.05) is 31.4 Å². The standard InChI is InChI=1S/C24H31NO7/c1-15-10-19(17(3)25(15)16(2)13-28-4)20(26)14-32-24(27)9-8-18-11-22(30-6)23(31-7)12-21(18)29-5/h8-12,16H,13-14H2,1-7H3/b9-8+. The molecule has 1 aromatic heterocycles. The Balaban J connectivity index is 2.08. The molecule has 0 aliphatic carbocycles. The van der Waals surface area contributed by atoms with Crippen molar-refractivity contribution in [3.05, 3.63) is 46.8 Å². The second kappa shape index (κ2) is 11.4. The van der Waals surface area contributed by atoms with Crippen LogP contribution in [0.2, 0.25) is 0 Å². The molecule has 0 N–H and O–H groups in total. The molecule has 1 aromatic carbocycles. The highest BCUT2D eigenvalue weighted by molar-refractivity contribution is 6.00. The fourth-order valence-corrected chi connectivity index (χ4v) is 3.66. The number of methoxy groups -OCH3 is 4. The van der Waals surface area contributed by atoms with E-state index in [1.165, 1.54) is 33.5 Å². The molecule has 2 rings (SSSR count). The van der Waals surface area contributed by atoms with Gasteiger partial charge in [-0.15, -0.1) is 0 Å². The average molecular weight is 446 g/mol. The Hall–Kier alpha value is -3.26. The predicted octanol–water partition coefficient (Wildman–Crippen LogP) is 3.78. The number of ether oxygens (including phenoxy) is 5. The third kappa shape index (κ3) is 5.70. The van der Waals surface area contributed by atoms with E-state index in [0.29, 0.717) is 35.0 Å². The molecule has 0 bridgehead atoms. The van der Waals surface area contributed by atoms with Crippen LogP contribution in [-0.4, -0.2) is 58.0 Å². The summed E-state index contributed by atoms with van der Waals surface area (Å²) in [6.45, 7) is 6.00. The van der Waals surface area contributed by atoms with Gasteiger partial charge in [-0.1, -0.05) is 0 Å². The highest BCUT2D eigenvalue weighted by Gasteiger charge is 2.19. The molecule has 8 nitrogen and oxygen atoms in total. The molecule has 174 valence electrons. The van der Waals surface area contributed by atoms with Gasteiger partial charge in [-0.25, -0.2) is 4.79 Å². The second-order valence-corrected chi connectivity index (χ2v) is 7.27. The van der Waals surface area contributed by atoms with E-state index in [1.54, 1.807) is 19.2 Å². The van der Waals surface area contributed by atoms with Crippen LogP contribution < -0.4 is 14.2 Å². The normalized spacial score (nSPS) is 12.0. The van der Waals surface area contributed by atoms with Crippen LogP contribution >= 0.6 is 0 Å². The van der Waals surface area contributed by atoms with Crippen molar-refractivity contribution in [3.63, 3.8) is 0 Å². The molecular formula is C24H31NO7. The minimum Gasteiger partial charge on any atom is -0.496 e. The Bertz CT molecular complexity index is 991. The highest BCUT2D eigenvalue weighted by atomic mass is 16.5. The maximum atomic E-state index is 12.6. The summed E-state index contributed by atoms with van der Waals surface area (Å²) in [7, 11) is 6.20. The first kappa shape index (κ1) is 25.0. The van der Waals surface area contributed by atoms with E-state index < -0.39 is 5.97 Å². The van der Waals surface area contributed by atoms with E-state index in [-0.39, 0.29) is 18.4 Å². The number of rotatable bonds is 11. The highest BCUT2D eigenvalue weighted by Crippen LogP contribution is 2.35. The summed E-state index contributed by atoms with van der Waals surface area (Å²) < 4.78 is 28.3. The summed E-state index contributed by atoms with van der Waals surface area (Å²) in [6.07, 6.45) is 2.77. The third-order valence-corrected chi connectivity index (χ3v) is 5.11. The summed E-state index contributed by atoms with van der Waals surface area (Å²) in [5.74, 6) is 0.596. The molecule has 0 radical (unpaired) electrons. The molecule has 1 heterocycles. The number of hydrogen-bond acceptors (Lipinski definition) is 7. The summed E-state index contributed by atoms with van der Waals surface area (Å²) in [6, 6.07) is 5.24. The van der Waals surface area contributed by atoms with Gasteiger partial charge in [0.05, 0.1) is 34.0 Å². The van der Waals surface area contributed by atoms with Crippen LogP contribution in [0.3, 0.4) is 0 Å². The zero-order valence-electron chi connectivity index (χ0n) is 19.7. The molecule has 0 saturated heterocycles. The third-order valence-electron chi connectivity index (χ3n) is 5.11. The Kier molecular flexibility index (Phi) is 8.90. The van der Waals surface area contributed by atoms with Gasteiger partial charge in [0.25, 0.3) is 0 Å². The summed E-state index contributed by atoms with van der Waals surface area (Å²) in [5, 5.41) is 0. The quantitative estimate of drug-likeness (QED) is 0.296. The van der Waals surface area contributed by atoms with Gasteiger partial charge >= 0.3 is 5.97 Å². The van der Waals surface area contributed by atoms with Crippen LogP contribution in [0, 0.1) is 13.8 Å². The molecule has 1 atom stereocenters. The average Bonchev–Trinajstić information content (AvgIpc) is 3.09. The van der Waals surface area contributed by atoms with E-state index in [4.69, 9.17) is 23.7 Å². The van der Waals surface area contributed by atoms with Crippen molar-refractivity contribution in [3.8, 4) is 17.2 Å². The van der Waals surface area contributed by atoms with E-state index >= 15 is 0 Å². The fourth-order valence-electron chi connectivity index (χ4n) is 3.66. The van der Waals surface area contributed by atoms with Gasteiger partial charge in [-0.3, -0.25) is 4.79 Å². The Morgan fingerprint density at radius 2 is 1.59 bits per heavy atom. The van der Waals surface area contributed by atoms with Crippen molar-refractivity contribution in [1.29, 1.82) is 0 Å². The number of Topliss-reactive ketones (excluding diaryl/α,β-unsaturated/α-hetero) is 1. The molecule has 2 aromatic rings. The van der Waals surface area contributed by atoms with Gasteiger partial charge in [0.2, 0.25) is 5.78 Å². The van der Waals surface area contributed by atoms with Crippen molar-refractivity contribution in [2.45, 2.75) is 26.8 Å². The largest absolute Gasteiger partial charge is 0.496 e. The number of esters is 1. The topological polar surface area (TPSA) is 85.2 Å². The van der Waals surface area contributed by atoms with Gasteiger partial charge in [-0.05, 0) is 39.0 Å². The number of carbonyl (C=O) groups is 2. The van der Waals surface area contributed by atoms with Crippen LogP contribution in [0.5, 0.6) is 17.2 Å². The van der Waals surface area contributed by atoms with Crippen molar-refractivity contribution in [2.24, 2.45) is 0 Å². The van der Waals surface area contributed by atoms with E-state index in [0.717, 1.165) is 11.4 Å². The number of aromatic nitrogens is 1. The zero-order chi connectivity index (χ0) is 23.8. The van der Waals surface area contributed by atoms with Crippen molar-refractivity contribution in [2.75, 3.05) is 41.7 Å². The molecule has 0 fully saturated rings. The number of ketones is 1. The maximum Gasteiger partial charge on any atom is 0.331 e. The van der Waals surface area contributed by atoms with Crippen molar-refractivity contribution < 1.29 is 33.3 Å². The van der Waals surface area contributed by atoms with Gasteiger partial charge in [0.15, 0.2) is 18.1 Å². The van der Waals surface area contributed by atoms with E-state index in [2.05, 4.69) is 0 Å². The van der Waals surface area contributed by atoms with Crippen molar-refractivity contribution in [1.82, 2.24) is 4.57 Å². The Morgan fingerprint density at radius 1 is 0.969 bits per heavy atom. The number of aryl methyl sites for hydroxylation is 1. The molecule has 0 aliphatic rings. The lowest BCUT2D eigenvalue weighted by Crippen LogP contribution is -2.16. The van der Waals surface area contributed by atoms with E-state index in [9.17, 15) is 9.59 Å². The maximum absolute atomic E-state index is 12.6. The van der Waals surface area contributed by atoms with Crippen LogP contribution in [0.4, 0.5) is 0 Å². The summed E-state index contributed by atoms with van der Waals surface area (Å²) >= 11 is 0. The van der Waals surface area contributed by atoms with Crippen LogP contribution in [0.15, 0.2) is 24.3 Å². The van der Waals surface area contributed by atoms with Gasteiger partial charge in [0.1, 0.15) is 5.75 Å². The zero-order valence-corrected chi connectivity index (χ0v) is 19.7. The summed E-state index contributed by atoms with van der Waals surface area (Å²) in [4.78, 5) is 24.8. The number of hydrogen-bond donors (Lipinski definition) is 0. The number of carbonyl (C=O) groups excluding carboxylic acids is 2. The van der Waals surface area contributed by atoms with Gasteiger partial charge in [0, 0.05) is 41.8 Å². The van der Waals surface area contributed by atoms with Crippen LogP contribution in [0.25, 0.3) is 6.08 Å². The first-order valence-electron chi connectivity index (χ1n) is 10.1. The minimum absolute atomic E-state index is 0.0866. The predicted molar refractivity (Wildman–Crippen MR) is 121 cm³/mol. The minimum atomic E-state index is -0.642. The molecular weight excluding hydrogens is 414 g/mol. The Labute approximate surface area is 188 Å². The number of nitrogens with zero attached hydrogens (tertiary/aromatic N) is 1. The first-order chi connectivity index (χ1) is 15.3. The first-order valence-corrected chi connectivity index (χ1v) is 10.1. The fraction of sp³-hybridized carbons (Fsp3) is 0.417. The lowest BCUT2D eigenvalue weighted by molar-refractivity contribution is -0.136. The molecule has 0 aliphatic heterocycles. The van der Waals surface area contributed by atoms with Crippen molar-refractivity contribution >= 4 is 17.8 Å². The molecule has 0 spiro atoms. The lowest BCUT2D eigenvalue weighted by atomic mass is 10.1. The molecule has 1 unspecified atom stereocenters. The van der Waals surface area contributed by atoms with Crippen LogP contribution in [0.1, 0.15) is 40.3 Å². The Morgan fingerprint density at radius 3 is 2.19 bits per heavy atom. The second-order valence-electron chi connectivity index (χ2n) is 7.27. The smallest absolute Gasteiger partial charge is 0.331 e. The SMILES string of the molecule is COCC(C)n1c(C)cc(C(=O)COC(=O)/C=C/c2cc(OC)c(OC)cc2OC)c1C. The monoisotopic (exact) mass is 445 g/mol. The van der Waals surface area contributed by atoms with Gasteiger partial charge in [-0.2, -0.15) is 0 Å². The lowest BCUT2D eigenvalue weighted by Gasteiger charge is -2.17. The molecule has 0 amide bonds. The van der Waals surface area contributed by atoms with Gasteiger partial charge < -0.3 is 28.3 Å². The molecule has 8 heteroatoms. The number of benzene rings is 1. The summed E-state index contributed by atoms with van der Waals surface area (Å²) in [5.41, 5.74) is 2.90. The molecule has 0 saturated carbocycles.